The molecule has 0 atom stereocenters. The summed E-state index contributed by atoms with van der Waals surface area (Å²) < 4.78 is 0. The van der Waals surface area contributed by atoms with Gasteiger partial charge in [0.25, 0.3) is 0 Å². The quantitative estimate of drug-likeness (QED) is 0.872. The molecule has 4 heteroatoms. The van der Waals surface area contributed by atoms with E-state index in [4.69, 9.17) is 0 Å². The van der Waals surface area contributed by atoms with Gasteiger partial charge in [0.1, 0.15) is 5.82 Å². The fourth-order valence-electron chi connectivity index (χ4n) is 3.18. The number of fused-ring (bicyclic) bond motifs is 1. The van der Waals surface area contributed by atoms with E-state index in [0.717, 1.165) is 38.0 Å². The highest BCUT2D eigenvalue weighted by Gasteiger charge is 2.25. The van der Waals surface area contributed by atoms with Gasteiger partial charge in [-0.15, -0.1) is 0 Å². The summed E-state index contributed by atoms with van der Waals surface area (Å²) in [5.74, 6) is 0.670. The van der Waals surface area contributed by atoms with Crippen LogP contribution in [-0.4, -0.2) is 22.3 Å². The Morgan fingerprint density at radius 1 is 1.27 bits per heavy atom. The lowest BCUT2D eigenvalue weighted by atomic mass is 9.89. The number of benzene rings is 1. The van der Waals surface area contributed by atoms with Gasteiger partial charge < -0.3 is 5.32 Å². The summed E-state index contributed by atoms with van der Waals surface area (Å²) in [6.45, 7) is 10.9. The molecule has 1 aromatic heterocycles. The largest absolute Gasteiger partial charge is 0.310 e. The maximum absolute atomic E-state index is 12.4. The van der Waals surface area contributed by atoms with Crippen molar-refractivity contribution in [3.63, 3.8) is 0 Å². The van der Waals surface area contributed by atoms with E-state index in [0.29, 0.717) is 5.82 Å². The highest BCUT2D eigenvalue weighted by molar-refractivity contribution is 5.94. The fraction of sp³-hybridized carbons (Fsp3) is 0.455. The molecule has 0 aliphatic carbocycles. The predicted octanol–water partition coefficient (Wildman–Crippen LogP) is 4.32. The highest BCUT2D eigenvalue weighted by Crippen LogP contribution is 2.24. The average molecular weight is 351 g/mol. The molecule has 0 bridgehead atoms. The molecule has 0 unspecified atom stereocenters. The lowest BCUT2D eigenvalue weighted by Gasteiger charge is -2.29. The molecule has 3 rings (SSSR count). The van der Waals surface area contributed by atoms with Crippen molar-refractivity contribution < 1.29 is 4.79 Å². The normalized spacial score (nSPS) is 14.8. The smallest absolute Gasteiger partial charge is 0.231 e. The number of nitrogens with one attached hydrogen (secondary N) is 1. The van der Waals surface area contributed by atoms with E-state index in [-0.39, 0.29) is 11.3 Å². The molecule has 0 spiro atoms. The summed E-state index contributed by atoms with van der Waals surface area (Å²) >= 11 is 0. The van der Waals surface area contributed by atoms with Crippen molar-refractivity contribution in [1.82, 2.24) is 9.88 Å². The van der Waals surface area contributed by atoms with Crippen LogP contribution < -0.4 is 5.32 Å². The Balaban J connectivity index is 1.72. The molecule has 138 valence electrons. The third kappa shape index (κ3) is 4.13. The first-order valence-electron chi connectivity index (χ1n) is 9.45. The molecular formula is C22H29N3O. The van der Waals surface area contributed by atoms with Crippen molar-refractivity contribution in [3.8, 4) is 0 Å². The first-order valence-corrected chi connectivity index (χ1v) is 9.45. The zero-order valence-electron chi connectivity index (χ0n) is 16.3. The molecule has 1 aromatic carbocycles. The first-order chi connectivity index (χ1) is 12.4. The van der Waals surface area contributed by atoms with Gasteiger partial charge in [-0.1, -0.05) is 45.0 Å². The predicted molar refractivity (Wildman–Crippen MR) is 106 cm³/mol. The van der Waals surface area contributed by atoms with Crippen LogP contribution in [0, 0.1) is 12.3 Å². The molecule has 1 N–H and O–H groups in total. The van der Waals surface area contributed by atoms with Crippen molar-refractivity contribution in [1.29, 1.82) is 0 Å². The van der Waals surface area contributed by atoms with Crippen LogP contribution in [0.15, 0.2) is 36.5 Å². The molecule has 26 heavy (non-hydrogen) atoms. The fourth-order valence-corrected chi connectivity index (χ4v) is 3.18. The Labute approximate surface area is 156 Å². The molecule has 0 radical (unpaired) electrons. The third-order valence-corrected chi connectivity index (χ3v) is 5.56. The topological polar surface area (TPSA) is 45.2 Å². The minimum absolute atomic E-state index is 0.0224. The third-order valence-electron chi connectivity index (χ3n) is 5.56. The number of aromatic nitrogens is 1. The zero-order valence-corrected chi connectivity index (χ0v) is 16.3. The molecule has 0 saturated carbocycles. The van der Waals surface area contributed by atoms with Crippen LogP contribution in [-0.2, 0) is 24.3 Å². The van der Waals surface area contributed by atoms with Crippen molar-refractivity contribution >= 4 is 11.7 Å². The Hall–Kier alpha value is -2.20. The standard InChI is InChI=1S/C22H29N3O/c1-5-22(3,4)21(26)24-20-12-19(16(2)13-23-20)15-25-11-10-17-8-6-7-9-18(17)14-25/h6-9,12-13H,5,10-11,14-15H2,1-4H3,(H,23,24,26). The second kappa shape index (κ2) is 7.58. The van der Waals surface area contributed by atoms with Crippen LogP contribution in [0.4, 0.5) is 5.82 Å². The Morgan fingerprint density at radius 2 is 2.00 bits per heavy atom. The first kappa shape index (κ1) is 18.6. The molecule has 1 aliphatic rings. The SMILES string of the molecule is CCC(C)(C)C(=O)Nc1cc(CN2CCc3ccccc3C2)c(C)cn1. The second-order valence-electron chi connectivity index (χ2n) is 7.92. The summed E-state index contributed by atoms with van der Waals surface area (Å²) in [6.07, 6.45) is 3.75. The van der Waals surface area contributed by atoms with E-state index in [1.807, 2.05) is 33.0 Å². The monoisotopic (exact) mass is 351 g/mol. The van der Waals surface area contributed by atoms with Gasteiger partial charge in [0.2, 0.25) is 5.91 Å². The summed E-state index contributed by atoms with van der Waals surface area (Å²) in [6, 6.07) is 10.7. The summed E-state index contributed by atoms with van der Waals surface area (Å²) in [7, 11) is 0. The molecule has 2 aromatic rings. The minimum atomic E-state index is -0.386. The summed E-state index contributed by atoms with van der Waals surface area (Å²) in [4.78, 5) is 19.3. The van der Waals surface area contributed by atoms with Gasteiger partial charge >= 0.3 is 0 Å². The molecule has 1 amide bonds. The molecular weight excluding hydrogens is 322 g/mol. The molecule has 2 heterocycles. The Bertz CT molecular complexity index is 798. The molecule has 1 aliphatic heterocycles. The molecule has 0 fully saturated rings. The van der Waals surface area contributed by atoms with E-state index < -0.39 is 0 Å². The highest BCUT2D eigenvalue weighted by atomic mass is 16.2. The maximum atomic E-state index is 12.4. The van der Waals surface area contributed by atoms with Gasteiger partial charge in [-0.3, -0.25) is 9.69 Å². The van der Waals surface area contributed by atoms with E-state index in [2.05, 4.69) is 46.4 Å². The van der Waals surface area contributed by atoms with E-state index in [1.54, 1.807) is 0 Å². The number of amides is 1. The van der Waals surface area contributed by atoms with Crippen molar-refractivity contribution in [3.05, 3.63) is 58.8 Å². The van der Waals surface area contributed by atoms with Crippen LogP contribution in [0.5, 0.6) is 0 Å². The van der Waals surface area contributed by atoms with Gasteiger partial charge in [-0.2, -0.15) is 0 Å². The number of carbonyl (C=O) groups is 1. The molecule has 4 nitrogen and oxygen atoms in total. The lowest BCUT2D eigenvalue weighted by Crippen LogP contribution is -2.31. The zero-order chi connectivity index (χ0) is 18.7. The van der Waals surface area contributed by atoms with Crippen LogP contribution in [0.1, 0.15) is 49.4 Å². The van der Waals surface area contributed by atoms with Crippen molar-refractivity contribution in [2.75, 3.05) is 11.9 Å². The number of anilines is 1. The number of rotatable bonds is 5. The number of pyridine rings is 1. The van der Waals surface area contributed by atoms with Gasteiger partial charge in [0, 0.05) is 31.2 Å². The minimum Gasteiger partial charge on any atom is -0.310 e. The van der Waals surface area contributed by atoms with Crippen LogP contribution in [0.3, 0.4) is 0 Å². The summed E-state index contributed by atoms with van der Waals surface area (Å²) in [5, 5.41) is 2.99. The van der Waals surface area contributed by atoms with E-state index in [1.165, 1.54) is 16.7 Å². The number of nitrogens with zero attached hydrogens (tertiary/aromatic N) is 2. The number of carbonyl (C=O) groups excluding carboxylic acids is 1. The van der Waals surface area contributed by atoms with Gasteiger partial charge in [-0.25, -0.2) is 4.98 Å². The molecule has 0 saturated heterocycles. The number of hydrogen-bond acceptors (Lipinski definition) is 3. The van der Waals surface area contributed by atoms with E-state index >= 15 is 0 Å². The van der Waals surface area contributed by atoms with E-state index in [9.17, 15) is 4.79 Å². The number of aryl methyl sites for hydroxylation is 1. The van der Waals surface area contributed by atoms with Crippen molar-refractivity contribution in [2.45, 2.75) is 53.6 Å². The average Bonchev–Trinajstić information content (AvgIpc) is 2.64. The van der Waals surface area contributed by atoms with Gasteiger partial charge in [0.15, 0.2) is 0 Å². The Kier molecular flexibility index (Phi) is 5.42. The van der Waals surface area contributed by atoms with Crippen molar-refractivity contribution in [2.24, 2.45) is 5.41 Å². The number of hydrogen-bond donors (Lipinski definition) is 1. The second-order valence-corrected chi connectivity index (χ2v) is 7.92. The maximum Gasteiger partial charge on any atom is 0.231 e. The van der Waals surface area contributed by atoms with Gasteiger partial charge in [0.05, 0.1) is 0 Å². The van der Waals surface area contributed by atoms with Crippen LogP contribution in [0.2, 0.25) is 0 Å². The van der Waals surface area contributed by atoms with Crippen LogP contribution in [0.25, 0.3) is 0 Å². The Morgan fingerprint density at radius 3 is 2.73 bits per heavy atom. The lowest BCUT2D eigenvalue weighted by molar-refractivity contribution is -0.124. The van der Waals surface area contributed by atoms with Crippen LogP contribution >= 0.6 is 0 Å². The van der Waals surface area contributed by atoms with Gasteiger partial charge in [-0.05, 0) is 48.1 Å². The summed E-state index contributed by atoms with van der Waals surface area (Å²) in [5.41, 5.74) is 4.89.